The fourth-order valence-corrected chi connectivity index (χ4v) is 3.79. The molecular weight excluding hydrogens is 501 g/mol. The van der Waals surface area contributed by atoms with Gasteiger partial charge in [0, 0.05) is 51.0 Å². The van der Waals surface area contributed by atoms with Crippen LogP contribution >= 0.6 is 24.0 Å². The molecule has 1 aliphatic rings. The minimum atomic E-state index is 0. The Morgan fingerprint density at radius 1 is 1.13 bits per heavy atom. The first-order chi connectivity index (χ1) is 14.5. The number of hydrogen-bond acceptors (Lipinski definition) is 3. The van der Waals surface area contributed by atoms with Crippen molar-refractivity contribution in [2.24, 2.45) is 4.99 Å². The lowest BCUT2D eigenvalue weighted by Gasteiger charge is -2.25. The number of nitrogens with zero attached hydrogens (tertiary/aromatic N) is 3. The second-order valence-corrected chi connectivity index (χ2v) is 7.89. The lowest BCUT2D eigenvalue weighted by atomic mass is 10.1. The van der Waals surface area contributed by atoms with Crippen molar-refractivity contribution < 1.29 is 4.79 Å². The maximum atomic E-state index is 12.0. The number of fused-ring (bicyclic) bond motifs is 1. The number of halogens is 1. The van der Waals surface area contributed by atoms with Gasteiger partial charge in [0.25, 0.3) is 5.91 Å². The smallest absolute Gasteiger partial charge is 0.253 e. The Morgan fingerprint density at radius 3 is 2.52 bits per heavy atom. The van der Waals surface area contributed by atoms with Crippen LogP contribution in [0.5, 0.6) is 0 Å². The molecule has 1 unspecified atom stereocenters. The first kappa shape index (κ1) is 25.0. The summed E-state index contributed by atoms with van der Waals surface area (Å²) < 4.78 is 0. The average Bonchev–Trinajstić information content (AvgIpc) is 3.07. The minimum absolute atomic E-state index is 0. The van der Waals surface area contributed by atoms with Crippen molar-refractivity contribution in [2.45, 2.75) is 32.9 Å². The first-order valence-corrected chi connectivity index (χ1v) is 10.7. The van der Waals surface area contributed by atoms with Crippen LogP contribution in [0.4, 0.5) is 5.69 Å². The van der Waals surface area contributed by atoms with E-state index in [-0.39, 0.29) is 29.9 Å². The Labute approximate surface area is 203 Å². The molecule has 0 spiro atoms. The van der Waals surface area contributed by atoms with E-state index in [9.17, 15) is 4.79 Å². The van der Waals surface area contributed by atoms with Gasteiger partial charge in [0.1, 0.15) is 0 Å². The Hall–Kier alpha value is -2.29. The van der Waals surface area contributed by atoms with Gasteiger partial charge in [-0.1, -0.05) is 30.3 Å². The van der Waals surface area contributed by atoms with Crippen LogP contribution < -0.4 is 15.5 Å². The van der Waals surface area contributed by atoms with Crippen molar-refractivity contribution in [1.29, 1.82) is 0 Å². The summed E-state index contributed by atoms with van der Waals surface area (Å²) >= 11 is 0. The molecule has 1 heterocycles. The van der Waals surface area contributed by atoms with Crippen LogP contribution in [0, 0.1) is 0 Å². The molecule has 0 saturated carbocycles. The number of rotatable bonds is 7. The van der Waals surface area contributed by atoms with Crippen LogP contribution in [0.3, 0.4) is 0 Å². The lowest BCUT2D eigenvalue weighted by molar-refractivity contribution is 0.0827. The van der Waals surface area contributed by atoms with E-state index < -0.39 is 0 Å². The molecule has 2 N–H and O–H groups in total. The molecule has 0 bridgehead atoms. The number of aliphatic imine (C=N–C) groups is 1. The molecule has 0 aliphatic carbocycles. The number of amides is 1. The highest BCUT2D eigenvalue weighted by molar-refractivity contribution is 14.0. The summed E-state index contributed by atoms with van der Waals surface area (Å²) in [5.41, 5.74) is 4.55. The summed E-state index contributed by atoms with van der Waals surface area (Å²) in [6.45, 7) is 7.48. The predicted molar refractivity (Wildman–Crippen MR) is 140 cm³/mol. The van der Waals surface area contributed by atoms with E-state index in [4.69, 9.17) is 4.99 Å². The summed E-state index contributed by atoms with van der Waals surface area (Å²) in [5, 5.41) is 6.76. The highest BCUT2D eigenvalue weighted by Gasteiger charge is 2.24. The monoisotopic (exact) mass is 535 g/mol. The molecule has 2 aromatic rings. The number of hydrogen-bond donors (Lipinski definition) is 2. The second kappa shape index (κ2) is 11.9. The third-order valence-corrected chi connectivity index (χ3v) is 5.36. The van der Waals surface area contributed by atoms with E-state index in [1.165, 1.54) is 11.3 Å². The van der Waals surface area contributed by atoms with Crippen molar-refractivity contribution in [3.05, 3.63) is 65.2 Å². The molecule has 168 valence electrons. The number of nitrogens with one attached hydrogen (secondary N) is 2. The van der Waals surface area contributed by atoms with Crippen molar-refractivity contribution in [3.8, 4) is 0 Å². The van der Waals surface area contributed by atoms with Crippen LogP contribution in [-0.2, 0) is 13.0 Å². The zero-order valence-electron chi connectivity index (χ0n) is 18.9. The molecule has 6 nitrogen and oxygen atoms in total. The quantitative estimate of drug-likeness (QED) is 0.324. The summed E-state index contributed by atoms with van der Waals surface area (Å²) in [6, 6.07) is 16.8. The van der Waals surface area contributed by atoms with E-state index >= 15 is 0 Å². The number of para-hydroxylation sites is 1. The lowest BCUT2D eigenvalue weighted by Crippen LogP contribution is -2.42. The minimum Gasteiger partial charge on any atom is -0.367 e. The SMILES string of the molecule is CCNC(=NCc1ccc(C(=O)N(C)C)cc1)NCCN1c2ccccc2CC1C.I. The molecule has 1 aliphatic heterocycles. The zero-order chi connectivity index (χ0) is 21.5. The predicted octanol–water partition coefficient (Wildman–Crippen LogP) is 3.51. The van der Waals surface area contributed by atoms with Gasteiger partial charge in [-0.3, -0.25) is 4.79 Å². The number of anilines is 1. The average molecular weight is 535 g/mol. The van der Waals surface area contributed by atoms with Crippen LogP contribution in [0.1, 0.15) is 35.3 Å². The van der Waals surface area contributed by atoms with Gasteiger partial charge in [-0.05, 0) is 49.6 Å². The largest absolute Gasteiger partial charge is 0.367 e. The molecule has 2 aromatic carbocycles. The van der Waals surface area contributed by atoms with E-state index in [1.54, 1.807) is 19.0 Å². The maximum absolute atomic E-state index is 12.0. The Morgan fingerprint density at radius 2 is 1.84 bits per heavy atom. The van der Waals surface area contributed by atoms with Gasteiger partial charge in [0.2, 0.25) is 0 Å². The number of guanidine groups is 1. The molecule has 3 rings (SSSR count). The van der Waals surface area contributed by atoms with E-state index in [1.807, 2.05) is 24.3 Å². The topological polar surface area (TPSA) is 60.0 Å². The Kier molecular flexibility index (Phi) is 9.61. The standard InChI is InChI=1S/C24H33N5O.HI/c1-5-25-24(27-17-19-10-12-20(13-11-19)23(30)28(3)4)26-14-15-29-18(2)16-21-8-6-7-9-22(21)29;/h6-13,18H,5,14-17H2,1-4H3,(H2,25,26,27);1H. The van der Waals surface area contributed by atoms with Crippen LogP contribution in [0.25, 0.3) is 0 Å². The van der Waals surface area contributed by atoms with Gasteiger partial charge in [-0.15, -0.1) is 24.0 Å². The van der Waals surface area contributed by atoms with Crippen LogP contribution in [0.15, 0.2) is 53.5 Å². The molecule has 1 atom stereocenters. The highest BCUT2D eigenvalue weighted by atomic mass is 127. The number of carbonyl (C=O) groups excluding carboxylic acids is 1. The normalized spacial score (nSPS) is 15.2. The summed E-state index contributed by atoms with van der Waals surface area (Å²) in [4.78, 5) is 20.8. The number of carbonyl (C=O) groups is 1. The van der Waals surface area contributed by atoms with Crippen LogP contribution in [-0.4, -0.2) is 56.5 Å². The Balaban J connectivity index is 0.00000341. The molecule has 0 radical (unpaired) electrons. The molecule has 0 saturated heterocycles. The van der Waals surface area contributed by atoms with Crippen LogP contribution in [0.2, 0.25) is 0 Å². The molecule has 0 fully saturated rings. The van der Waals surface area contributed by atoms with Crippen molar-refractivity contribution in [2.75, 3.05) is 38.6 Å². The summed E-state index contributed by atoms with van der Waals surface area (Å²) in [6.07, 6.45) is 1.11. The second-order valence-electron chi connectivity index (χ2n) is 7.89. The molecular formula is C24H34IN5O. The molecule has 0 aromatic heterocycles. The van der Waals surface area contributed by atoms with Crippen molar-refractivity contribution >= 4 is 41.5 Å². The van der Waals surface area contributed by atoms with Crippen molar-refractivity contribution in [3.63, 3.8) is 0 Å². The first-order valence-electron chi connectivity index (χ1n) is 10.7. The molecule has 7 heteroatoms. The summed E-state index contributed by atoms with van der Waals surface area (Å²) in [7, 11) is 3.52. The van der Waals surface area contributed by atoms with E-state index in [2.05, 4.69) is 53.6 Å². The highest BCUT2D eigenvalue weighted by Crippen LogP contribution is 2.31. The van der Waals surface area contributed by atoms with Gasteiger partial charge in [-0.2, -0.15) is 0 Å². The van der Waals surface area contributed by atoms with Gasteiger partial charge < -0.3 is 20.4 Å². The summed E-state index contributed by atoms with van der Waals surface area (Å²) in [5.74, 6) is 0.823. The van der Waals surface area contributed by atoms with E-state index in [0.717, 1.165) is 37.6 Å². The fourth-order valence-electron chi connectivity index (χ4n) is 3.79. The van der Waals surface area contributed by atoms with Gasteiger partial charge in [0.15, 0.2) is 5.96 Å². The van der Waals surface area contributed by atoms with Gasteiger partial charge in [-0.25, -0.2) is 4.99 Å². The molecule has 31 heavy (non-hydrogen) atoms. The third kappa shape index (κ3) is 6.59. The van der Waals surface area contributed by atoms with Gasteiger partial charge >= 0.3 is 0 Å². The fraction of sp³-hybridized carbons (Fsp3) is 0.417. The number of benzene rings is 2. The molecule has 1 amide bonds. The third-order valence-electron chi connectivity index (χ3n) is 5.36. The zero-order valence-corrected chi connectivity index (χ0v) is 21.2. The maximum Gasteiger partial charge on any atom is 0.253 e. The van der Waals surface area contributed by atoms with Gasteiger partial charge in [0.05, 0.1) is 6.54 Å². The van der Waals surface area contributed by atoms with E-state index in [0.29, 0.717) is 18.2 Å². The Bertz CT molecular complexity index is 882. The van der Waals surface area contributed by atoms with Crippen molar-refractivity contribution in [1.82, 2.24) is 15.5 Å².